The Kier molecular flexibility index (Phi) is 4.14. The van der Waals surface area contributed by atoms with E-state index in [9.17, 15) is 0 Å². The SMILES string of the molecule is COc1ccccc1NC(=S)NCc1ccn[nH]1. The van der Waals surface area contributed by atoms with Crippen LogP contribution in [0.3, 0.4) is 0 Å². The molecule has 2 aromatic rings. The van der Waals surface area contributed by atoms with Crippen LogP contribution in [0.15, 0.2) is 36.5 Å². The lowest BCUT2D eigenvalue weighted by Crippen LogP contribution is -2.28. The van der Waals surface area contributed by atoms with Crippen LogP contribution in [0, 0.1) is 0 Å². The smallest absolute Gasteiger partial charge is 0.171 e. The number of nitrogens with zero attached hydrogens (tertiary/aromatic N) is 1. The second-order valence-corrected chi connectivity index (χ2v) is 4.00. The fourth-order valence-corrected chi connectivity index (χ4v) is 1.66. The van der Waals surface area contributed by atoms with E-state index in [0.717, 1.165) is 17.1 Å². The molecule has 5 nitrogen and oxygen atoms in total. The van der Waals surface area contributed by atoms with Gasteiger partial charge >= 0.3 is 0 Å². The lowest BCUT2D eigenvalue weighted by Gasteiger charge is -2.12. The van der Waals surface area contributed by atoms with Gasteiger partial charge in [-0.25, -0.2) is 0 Å². The summed E-state index contributed by atoms with van der Waals surface area (Å²) in [5.41, 5.74) is 1.81. The lowest BCUT2D eigenvalue weighted by molar-refractivity contribution is 0.417. The molecule has 0 unspecified atom stereocenters. The number of anilines is 1. The van der Waals surface area contributed by atoms with Crippen LogP contribution in [0.2, 0.25) is 0 Å². The molecule has 3 N–H and O–H groups in total. The fourth-order valence-electron chi connectivity index (χ4n) is 1.47. The van der Waals surface area contributed by atoms with Crippen LogP contribution in [-0.4, -0.2) is 22.4 Å². The normalized spacial score (nSPS) is 9.83. The van der Waals surface area contributed by atoms with E-state index in [0.29, 0.717) is 11.7 Å². The van der Waals surface area contributed by atoms with Gasteiger partial charge in [-0.1, -0.05) is 12.1 Å². The molecule has 94 valence electrons. The number of rotatable bonds is 4. The van der Waals surface area contributed by atoms with Crippen molar-refractivity contribution in [3.05, 3.63) is 42.2 Å². The monoisotopic (exact) mass is 262 g/mol. The number of benzene rings is 1. The summed E-state index contributed by atoms with van der Waals surface area (Å²) in [6.45, 7) is 0.598. The molecule has 0 aliphatic rings. The fraction of sp³-hybridized carbons (Fsp3) is 0.167. The summed E-state index contributed by atoms with van der Waals surface area (Å²) in [7, 11) is 1.63. The van der Waals surface area contributed by atoms with Crippen LogP contribution in [-0.2, 0) is 6.54 Å². The largest absolute Gasteiger partial charge is 0.495 e. The number of hydrogen-bond acceptors (Lipinski definition) is 3. The Bertz CT molecular complexity index is 513. The number of thiocarbonyl (C=S) groups is 1. The maximum atomic E-state index is 5.23. The summed E-state index contributed by atoms with van der Waals surface area (Å²) in [6, 6.07) is 9.50. The van der Waals surface area contributed by atoms with Crippen molar-refractivity contribution in [3.63, 3.8) is 0 Å². The van der Waals surface area contributed by atoms with Crippen molar-refractivity contribution < 1.29 is 4.74 Å². The molecular formula is C12H14N4OS. The molecule has 0 amide bonds. The Hall–Kier alpha value is -2.08. The summed E-state index contributed by atoms with van der Waals surface area (Å²) in [5.74, 6) is 0.753. The van der Waals surface area contributed by atoms with Crippen LogP contribution in [0.25, 0.3) is 0 Å². The quantitative estimate of drug-likeness (QED) is 0.735. The number of hydrogen-bond donors (Lipinski definition) is 3. The Morgan fingerprint density at radius 1 is 1.39 bits per heavy atom. The summed E-state index contributed by atoms with van der Waals surface area (Å²) >= 11 is 5.20. The van der Waals surface area contributed by atoms with Crippen LogP contribution in [0.1, 0.15) is 5.69 Å². The van der Waals surface area contributed by atoms with Gasteiger partial charge in [0.15, 0.2) is 5.11 Å². The van der Waals surface area contributed by atoms with Crippen molar-refractivity contribution in [1.29, 1.82) is 0 Å². The minimum Gasteiger partial charge on any atom is -0.495 e. The minimum atomic E-state index is 0.536. The second kappa shape index (κ2) is 6.02. The Balaban J connectivity index is 1.90. The maximum absolute atomic E-state index is 5.23. The molecule has 0 spiro atoms. The van der Waals surface area contributed by atoms with Crippen molar-refractivity contribution in [3.8, 4) is 5.75 Å². The molecule has 0 atom stereocenters. The predicted molar refractivity (Wildman–Crippen MR) is 74.6 cm³/mol. The van der Waals surface area contributed by atoms with Crippen molar-refractivity contribution >= 4 is 23.0 Å². The number of aromatic amines is 1. The number of aromatic nitrogens is 2. The highest BCUT2D eigenvalue weighted by Gasteiger charge is 2.03. The van der Waals surface area contributed by atoms with Gasteiger partial charge in [-0.2, -0.15) is 5.10 Å². The van der Waals surface area contributed by atoms with Gasteiger partial charge in [-0.05, 0) is 30.4 Å². The van der Waals surface area contributed by atoms with E-state index >= 15 is 0 Å². The zero-order valence-corrected chi connectivity index (χ0v) is 10.8. The number of H-pyrrole nitrogens is 1. The Labute approximate surface area is 111 Å². The number of para-hydroxylation sites is 2. The van der Waals surface area contributed by atoms with E-state index < -0.39 is 0 Å². The topological polar surface area (TPSA) is 62.0 Å². The van der Waals surface area contributed by atoms with Crippen molar-refractivity contribution in [2.45, 2.75) is 6.54 Å². The minimum absolute atomic E-state index is 0.536. The first-order valence-electron chi connectivity index (χ1n) is 5.45. The molecule has 0 fully saturated rings. The van der Waals surface area contributed by atoms with E-state index in [2.05, 4.69) is 20.8 Å². The summed E-state index contributed by atoms with van der Waals surface area (Å²) in [5, 5.41) is 13.4. The van der Waals surface area contributed by atoms with Gasteiger partial charge in [0, 0.05) is 6.20 Å². The van der Waals surface area contributed by atoms with E-state index in [4.69, 9.17) is 17.0 Å². The number of nitrogens with one attached hydrogen (secondary N) is 3. The van der Waals surface area contributed by atoms with Gasteiger partial charge in [0.05, 0.1) is 25.0 Å². The predicted octanol–water partition coefficient (Wildman–Crippen LogP) is 1.90. The number of methoxy groups -OCH3 is 1. The molecule has 0 aliphatic carbocycles. The third kappa shape index (κ3) is 3.21. The highest BCUT2D eigenvalue weighted by atomic mass is 32.1. The van der Waals surface area contributed by atoms with E-state index in [1.54, 1.807) is 13.3 Å². The maximum Gasteiger partial charge on any atom is 0.171 e. The number of ether oxygens (including phenoxy) is 1. The molecule has 0 aliphatic heterocycles. The van der Waals surface area contributed by atoms with Crippen molar-refractivity contribution in [1.82, 2.24) is 15.5 Å². The highest BCUT2D eigenvalue weighted by Crippen LogP contribution is 2.22. The molecule has 1 aromatic heterocycles. The third-order valence-electron chi connectivity index (χ3n) is 2.35. The van der Waals surface area contributed by atoms with Gasteiger partial charge in [0.2, 0.25) is 0 Å². The van der Waals surface area contributed by atoms with E-state index in [1.165, 1.54) is 0 Å². The molecule has 0 saturated heterocycles. The molecule has 0 bridgehead atoms. The van der Waals surface area contributed by atoms with Crippen molar-refractivity contribution in [2.75, 3.05) is 12.4 Å². The van der Waals surface area contributed by atoms with Crippen LogP contribution >= 0.6 is 12.2 Å². The van der Waals surface area contributed by atoms with Crippen LogP contribution < -0.4 is 15.4 Å². The third-order valence-corrected chi connectivity index (χ3v) is 2.60. The highest BCUT2D eigenvalue weighted by molar-refractivity contribution is 7.80. The summed E-state index contributed by atoms with van der Waals surface area (Å²) < 4.78 is 5.23. The molecule has 0 radical (unpaired) electrons. The van der Waals surface area contributed by atoms with Crippen LogP contribution in [0.5, 0.6) is 5.75 Å². The molecule has 2 rings (SSSR count). The molecule has 0 saturated carbocycles. The Morgan fingerprint density at radius 3 is 2.94 bits per heavy atom. The van der Waals surface area contributed by atoms with E-state index in [-0.39, 0.29) is 0 Å². The van der Waals surface area contributed by atoms with Gasteiger partial charge < -0.3 is 15.4 Å². The van der Waals surface area contributed by atoms with Crippen molar-refractivity contribution in [2.24, 2.45) is 0 Å². The van der Waals surface area contributed by atoms with Gasteiger partial charge in [-0.15, -0.1) is 0 Å². The first kappa shape index (κ1) is 12.4. The first-order chi connectivity index (χ1) is 8.79. The van der Waals surface area contributed by atoms with Gasteiger partial charge in [0.25, 0.3) is 0 Å². The second-order valence-electron chi connectivity index (χ2n) is 3.59. The summed E-state index contributed by atoms with van der Waals surface area (Å²) in [4.78, 5) is 0. The average Bonchev–Trinajstić information content (AvgIpc) is 2.90. The zero-order valence-electron chi connectivity index (χ0n) is 9.93. The lowest BCUT2D eigenvalue weighted by atomic mass is 10.3. The van der Waals surface area contributed by atoms with Crippen LogP contribution in [0.4, 0.5) is 5.69 Å². The molecule has 6 heteroatoms. The molecule has 18 heavy (non-hydrogen) atoms. The molecule has 1 aromatic carbocycles. The Morgan fingerprint density at radius 2 is 2.22 bits per heavy atom. The first-order valence-corrected chi connectivity index (χ1v) is 5.86. The molecular weight excluding hydrogens is 248 g/mol. The van der Waals surface area contributed by atoms with Gasteiger partial charge in [0.1, 0.15) is 5.75 Å². The summed E-state index contributed by atoms with van der Waals surface area (Å²) in [6.07, 6.45) is 1.70. The molecule has 1 heterocycles. The zero-order chi connectivity index (χ0) is 12.8. The average molecular weight is 262 g/mol. The standard InChI is InChI=1S/C12H14N4OS/c1-17-11-5-3-2-4-10(11)15-12(18)13-8-9-6-7-14-16-9/h2-7H,8H2,1H3,(H,14,16)(H2,13,15,18). The van der Waals surface area contributed by atoms with Gasteiger partial charge in [-0.3, -0.25) is 5.10 Å². The van der Waals surface area contributed by atoms with E-state index in [1.807, 2.05) is 30.3 Å².